The Labute approximate surface area is 106 Å². The fourth-order valence-corrected chi connectivity index (χ4v) is 2.67. The minimum atomic E-state index is 0.0181. The Morgan fingerprint density at radius 1 is 1.47 bits per heavy atom. The van der Waals surface area contributed by atoms with Crippen molar-refractivity contribution >= 4 is 23.4 Å². The van der Waals surface area contributed by atoms with E-state index in [-0.39, 0.29) is 5.91 Å². The Morgan fingerprint density at radius 2 is 2.18 bits per heavy atom. The van der Waals surface area contributed by atoms with E-state index in [1.807, 2.05) is 16.7 Å². The van der Waals surface area contributed by atoms with Gasteiger partial charge in [-0.05, 0) is 31.2 Å². The van der Waals surface area contributed by atoms with Crippen LogP contribution in [0.1, 0.15) is 23.3 Å². The van der Waals surface area contributed by atoms with Gasteiger partial charge in [-0.1, -0.05) is 0 Å². The fraction of sp³-hybridized carbons (Fsp3) is 0.500. The molecule has 0 saturated carbocycles. The fourth-order valence-electron chi connectivity index (χ4n) is 1.99. The molecule has 0 bridgehead atoms. The molecule has 1 aliphatic heterocycles. The van der Waals surface area contributed by atoms with Crippen LogP contribution in [-0.2, 0) is 0 Å². The minimum absolute atomic E-state index is 0.0181. The standard InChI is InChI=1S/C12H17N3OS/c1-17-10-4-6-15(7-5-10)12(16)11-3-2-9(13)8-14-11/h2-3,8,10H,4-7,13H2,1H3. The highest BCUT2D eigenvalue weighted by Gasteiger charge is 2.23. The van der Waals surface area contributed by atoms with Gasteiger partial charge in [-0.25, -0.2) is 4.98 Å². The summed E-state index contributed by atoms with van der Waals surface area (Å²) in [4.78, 5) is 18.1. The van der Waals surface area contributed by atoms with E-state index >= 15 is 0 Å². The number of carbonyl (C=O) groups excluding carboxylic acids is 1. The lowest BCUT2D eigenvalue weighted by atomic mass is 10.1. The molecule has 1 aromatic heterocycles. The van der Waals surface area contributed by atoms with Crippen LogP contribution in [0.2, 0.25) is 0 Å². The summed E-state index contributed by atoms with van der Waals surface area (Å²) < 4.78 is 0. The van der Waals surface area contributed by atoms with Crippen LogP contribution in [0.3, 0.4) is 0 Å². The average molecular weight is 251 g/mol. The number of nitrogens with two attached hydrogens (primary N) is 1. The lowest BCUT2D eigenvalue weighted by molar-refractivity contribution is 0.0721. The number of carbonyl (C=O) groups is 1. The number of piperidine rings is 1. The quantitative estimate of drug-likeness (QED) is 0.868. The largest absolute Gasteiger partial charge is 0.397 e. The van der Waals surface area contributed by atoms with Crippen molar-refractivity contribution < 1.29 is 4.79 Å². The zero-order valence-corrected chi connectivity index (χ0v) is 10.7. The molecule has 92 valence electrons. The SMILES string of the molecule is CSC1CCN(C(=O)c2ccc(N)cn2)CC1. The first-order valence-corrected chi connectivity index (χ1v) is 7.03. The van der Waals surface area contributed by atoms with E-state index in [2.05, 4.69) is 11.2 Å². The molecule has 4 nitrogen and oxygen atoms in total. The third kappa shape index (κ3) is 2.91. The Balaban J connectivity index is 1.99. The average Bonchev–Trinajstić information content (AvgIpc) is 2.39. The maximum Gasteiger partial charge on any atom is 0.272 e. The van der Waals surface area contributed by atoms with Gasteiger partial charge >= 0.3 is 0 Å². The maximum absolute atomic E-state index is 12.1. The predicted molar refractivity (Wildman–Crippen MR) is 71.1 cm³/mol. The third-order valence-electron chi connectivity index (χ3n) is 3.07. The predicted octanol–water partition coefficient (Wildman–Crippen LogP) is 1.63. The van der Waals surface area contributed by atoms with Crippen molar-refractivity contribution in [3.8, 4) is 0 Å². The Hall–Kier alpha value is -1.23. The Morgan fingerprint density at radius 3 is 2.71 bits per heavy atom. The van der Waals surface area contributed by atoms with E-state index < -0.39 is 0 Å². The summed E-state index contributed by atoms with van der Waals surface area (Å²) in [6.45, 7) is 1.66. The van der Waals surface area contributed by atoms with Crippen molar-refractivity contribution in [3.05, 3.63) is 24.0 Å². The number of likely N-dealkylation sites (tertiary alicyclic amines) is 1. The molecule has 0 aliphatic carbocycles. The van der Waals surface area contributed by atoms with Crippen molar-refractivity contribution in [1.82, 2.24) is 9.88 Å². The third-order valence-corrected chi connectivity index (χ3v) is 4.21. The molecule has 1 aromatic rings. The van der Waals surface area contributed by atoms with Gasteiger partial charge in [0, 0.05) is 18.3 Å². The molecule has 0 spiro atoms. The van der Waals surface area contributed by atoms with Crippen molar-refractivity contribution in [2.45, 2.75) is 18.1 Å². The van der Waals surface area contributed by atoms with Gasteiger partial charge < -0.3 is 10.6 Å². The zero-order valence-electron chi connectivity index (χ0n) is 9.93. The van der Waals surface area contributed by atoms with Gasteiger partial charge in [-0.3, -0.25) is 4.79 Å². The van der Waals surface area contributed by atoms with Crippen molar-refractivity contribution in [2.75, 3.05) is 25.1 Å². The van der Waals surface area contributed by atoms with Crippen molar-refractivity contribution in [2.24, 2.45) is 0 Å². The van der Waals surface area contributed by atoms with Crippen LogP contribution >= 0.6 is 11.8 Å². The van der Waals surface area contributed by atoms with Gasteiger partial charge in [0.2, 0.25) is 0 Å². The Bertz CT molecular complexity index is 385. The van der Waals surface area contributed by atoms with E-state index in [0.29, 0.717) is 16.6 Å². The number of nitrogens with zero attached hydrogens (tertiary/aromatic N) is 2. The second-order valence-electron chi connectivity index (χ2n) is 4.20. The second-order valence-corrected chi connectivity index (χ2v) is 5.34. The van der Waals surface area contributed by atoms with Crippen LogP contribution in [0.15, 0.2) is 18.3 Å². The molecule has 1 aliphatic rings. The molecule has 5 heteroatoms. The van der Waals surface area contributed by atoms with E-state index in [0.717, 1.165) is 25.9 Å². The number of hydrogen-bond donors (Lipinski definition) is 1. The summed E-state index contributed by atoms with van der Waals surface area (Å²) in [6, 6.07) is 3.41. The summed E-state index contributed by atoms with van der Waals surface area (Å²) >= 11 is 1.89. The molecule has 0 unspecified atom stereocenters. The van der Waals surface area contributed by atoms with Gasteiger partial charge in [-0.2, -0.15) is 11.8 Å². The van der Waals surface area contributed by atoms with Crippen LogP contribution in [0.4, 0.5) is 5.69 Å². The van der Waals surface area contributed by atoms with Gasteiger partial charge in [0.25, 0.3) is 5.91 Å². The summed E-state index contributed by atoms with van der Waals surface area (Å²) in [5.74, 6) is 0.0181. The first-order chi connectivity index (χ1) is 8.20. The molecule has 2 heterocycles. The molecule has 17 heavy (non-hydrogen) atoms. The smallest absolute Gasteiger partial charge is 0.272 e. The van der Waals surface area contributed by atoms with Gasteiger partial charge in [-0.15, -0.1) is 0 Å². The summed E-state index contributed by atoms with van der Waals surface area (Å²) in [5, 5.41) is 0.693. The lowest BCUT2D eigenvalue weighted by Gasteiger charge is -2.30. The minimum Gasteiger partial charge on any atom is -0.397 e. The first kappa shape index (κ1) is 12.2. The van der Waals surface area contributed by atoms with E-state index in [1.54, 1.807) is 12.1 Å². The van der Waals surface area contributed by atoms with E-state index in [4.69, 9.17) is 5.73 Å². The van der Waals surface area contributed by atoms with Gasteiger partial charge in [0.05, 0.1) is 11.9 Å². The molecule has 2 rings (SSSR count). The molecule has 0 aromatic carbocycles. The van der Waals surface area contributed by atoms with Crippen LogP contribution in [-0.4, -0.2) is 40.4 Å². The number of anilines is 1. The molecular weight excluding hydrogens is 234 g/mol. The number of hydrogen-bond acceptors (Lipinski definition) is 4. The highest BCUT2D eigenvalue weighted by atomic mass is 32.2. The molecular formula is C12H17N3OS. The van der Waals surface area contributed by atoms with Crippen LogP contribution in [0.25, 0.3) is 0 Å². The normalized spacial score (nSPS) is 17.1. The molecule has 0 radical (unpaired) electrons. The number of rotatable bonds is 2. The van der Waals surface area contributed by atoms with Crippen molar-refractivity contribution in [1.29, 1.82) is 0 Å². The highest BCUT2D eigenvalue weighted by molar-refractivity contribution is 7.99. The zero-order chi connectivity index (χ0) is 12.3. The van der Waals surface area contributed by atoms with Crippen molar-refractivity contribution in [3.63, 3.8) is 0 Å². The van der Waals surface area contributed by atoms with E-state index in [1.165, 1.54) is 6.20 Å². The van der Waals surface area contributed by atoms with Gasteiger partial charge in [0.1, 0.15) is 5.69 Å². The molecule has 1 saturated heterocycles. The topological polar surface area (TPSA) is 59.2 Å². The highest BCUT2D eigenvalue weighted by Crippen LogP contribution is 2.21. The molecule has 1 fully saturated rings. The number of pyridine rings is 1. The summed E-state index contributed by atoms with van der Waals surface area (Å²) in [6.07, 6.45) is 5.80. The molecule has 1 amide bonds. The van der Waals surface area contributed by atoms with E-state index in [9.17, 15) is 4.79 Å². The van der Waals surface area contributed by atoms with Gasteiger partial charge in [0.15, 0.2) is 0 Å². The Kier molecular flexibility index (Phi) is 3.89. The second kappa shape index (κ2) is 5.40. The summed E-state index contributed by atoms with van der Waals surface area (Å²) in [7, 11) is 0. The first-order valence-electron chi connectivity index (χ1n) is 5.74. The monoisotopic (exact) mass is 251 g/mol. The number of nitrogen functional groups attached to an aromatic ring is 1. The molecule has 0 atom stereocenters. The molecule has 2 N–H and O–H groups in total. The van der Waals surface area contributed by atoms with Crippen LogP contribution in [0, 0.1) is 0 Å². The van der Waals surface area contributed by atoms with Crippen LogP contribution in [0.5, 0.6) is 0 Å². The number of aromatic nitrogens is 1. The summed E-state index contributed by atoms with van der Waals surface area (Å²) in [5.41, 5.74) is 6.62. The maximum atomic E-state index is 12.1. The van der Waals surface area contributed by atoms with Crippen LogP contribution < -0.4 is 5.73 Å². The number of thioether (sulfide) groups is 1. The number of amides is 1. The lowest BCUT2D eigenvalue weighted by Crippen LogP contribution is -2.39.